The highest BCUT2D eigenvalue weighted by atomic mass is 35.5. The molecule has 1 heterocycles. The van der Waals surface area contributed by atoms with Crippen LogP contribution in [0.4, 0.5) is 4.79 Å². The number of ether oxygens (including phenoxy) is 2. The molecule has 1 amide bonds. The Labute approximate surface area is 310 Å². The SMILES string of the molecule is CCCCC[C@H]1O[C@H]1C/C=C\CCCCCCCC(=O)O.CCCSC(=O)N(CCC)CCC.O=C(O)CCCOc1ccc(Cl)cc1Cl. The monoisotopic (exact) mass is 747 g/mol. The van der Waals surface area contributed by atoms with Gasteiger partial charge in [0.05, 0.1) is 23.8 Å². The third kappa shape index (κ3) is 28.5. The molecule has 2 N–H and O–H groups in total. The number of halogens is 2. The molecule has 0 bridgehead atoms. The minimum absolute atomic E-state index is 0.0885. The number of rotatable bonds is 25. The van der Waals surface area contributed by atoms with Crippen molar-refractivity contribution in [3.63, 3.8) is 0 Å². The molecule has 2 atom stereocenters. The normalized spacial score (nSPS) is 14.7. The van der Waals surface area contributed by atoms with Crippen molar-refractivity contribution in [2.24, 2.45) is 0 Å². The summed E-state index contributed by atoms with van der Waals surface area (Å²) in [5.41, 5.74) is 0. The third-order valence-electron chi connectivity index (χ3n) is 7.44. The number of carboxylic acid groups (broad SMARTS) is 2. The summed E-state index contributed by atoms with van der Waals surface area (Å²) in [7, 11) is 0. The first kappa shape index (κ1) is 47.1. The number of carboxylic acids is 2. The van der Waals surface area contributed by atoms with Crippen molar-refractivity contribution < 1.29 is 34.1 Å². The highest BCUT2D eigenvalue weighted by Crippen LogP contribution is 2.30. The number of nitrogens with zero attached hydrogens (tertiary/aromatic N) is 1. The predicted molar refractivity (Wildman–Crippen MR) is 206 cm³/mol. The van der Waals surface area contributed by atoms with Gasteiger partial charge < -0.3 is 24.6 Å². The molecule has 49 heavy (non-hydrogen) atoms. The highest BCUT2D eigenvalue weighted by molar-refractivity contribution is 8.13. The van der Waals surface area contributed by atoms with Gasteiger partial charge in [0.25, 0.3) is 5.24 Å². The summed E-state index contributed by atoms with van der Waals surface area (Å²) in [4.78, 5) is 34.1. The molecule has 0 saturated carbocycles. The molecule has 1 aliphatic heterocycles. The average Bonchev–Trinajstić information content (AvgIpc) is 3.81. The Kier molecular flexibility index (Phi) is 30.7. The lowest BCUT2D eigenvalue weighted by molar-refractivity contribution is -0.138. The number of carbonyl (C=O) groups excluding carboxylic acids is 1. The second-order valence-corrected chi connectivity index (χ2v) is 14.0. The van der Waals surface area contributed by atoms with Crippen molar-refractivity contribution in [3.8, 4) is 5.75 Å². The molecule has 11 heteroatoms. The number of hydrogen-bond donors (Lipinski definition) is 2. The Morgan fingerprint density at radius 3 is 2.08 bits per heavy atom. The number of carbonyl (C=O) groups is 3. The minimum Gasteiger partial charge on any atom is -0.492 e. The van der Waals surface area contributed by atoms with Gasteiger partial charge in [0.1, 0.15) is 5.75 Å². The first-order valence-corrected chi connectivity index (χ1v) is 20.1. The molecule has 0 radical (unpaired) electrons. The molecule has 282 valence electrons. The summed E-state index contributed by atoms with van der Waals surface area (Å²) < 4.78 is 10.9. The Balaban J connectivity index is 0.000000732. The summed E-state index contributed by atoms with van der Waals surface area (Å²) >= 11 is 13.0. The van der Waals surface area contributed by atoms with Crippen LogP contribution in [0.2, 0.25) is 10.0 Å². The van der Waals surface area contributed by atoms with Crippen LogP contribution in [0.3, 0.4) is 0 Å². The molecule has 0 unspecified atom stereocenters. The number of hydrogen-bond acceptors (Lipinski definition) is 6. The van der Waals surface area contributed by atoms with E-state index < -0.39 is 11.9 Å². The van der Waals surface area contributed by atoms with E-state index in [2.05, 4.69) is 39.8 Å². The van der Waals surface area contributed by atoms with Gasteiger partial charge in [-0.15, -0.1) is 0 Å². The van der Waals surface area contributed by atoms with E-state index >= 15 is 0 Å². The standard InChI is InChI=1S/C18H32O3.C10H10Cl2O3.C10H21NOS/c1-2-3-10-13-16-17(21-16)14-11-8-6-4-5-7-9-12-15-18(19)20;11-7-3-4-9(8(12)6-7)15-5-1-2-10(13)14;1-4-7-11(8-5-2)10(12)13-9-6-3/h8,11,16-17H,2-7,9-10,12-15H2,1H3,(H,19,20);3-4,6H,1-2,5H2,(H,13,14);4-9H2,1-3H3/b11-8-;;/t16-,17+;;/m1../s1. The van der Waals surface area contributed by atoms with Crippen LogP contribution in [0.15, 0.2) is 30.4 Å². The second-order valence-electron chi connectivity index (χ2n) is 12.1. The fourth-order valence-corrected chi connectivity index (χ4v) is 5.97. The maximum atomic E-state index is 11.6. The number of unbranched alkanes of at least 4 members (excludes halogenated alkanes) is 7. The van der Waals surface area contributed by atoms with Crippen LogP contribution in [-0.2, 0) is 14.3 Å². The highest BCUT2D eigenvalue weighted by Gasteiger charge is 2.36. The van der Waals surface area contributed by atoms with Gasteiger partial charge in [0, 0.05) is 36.7 Å². The lowest BCUT2D eigenvalue weighted by Crippen LogP contribution is -2.29. The van der Waals surface area contributed by atoms with Crippen LogP contribution < -0.4 is 4.74 Å². The molecule has 1 fully saturated rings. The maximum Gasteiger partial charge on any atom is 0.303 e. The number of epoxide rings is 1. The van der Waals surface area contributed by atoms with E-state index in [1.165, 1.54) is 50.3 Å². The number of benzene rings is 1. The van der Waals surface area contributed by atoms with E-state index in [-0.39, 0.29) is 11.7 Å². The second kappa shape index (κ2) is 32.0. The maximum absolute atomic E-state index is 11.6. The quantitative estimate of drug-likeness (QED) is 0.0577. The van der Waals surface area contributed by atoms with E-state index in [0.717, 1.165) is 70.2 Å². The number of allylic oxidation sites excluding steroid dienone is 1. The molecule has 1 saturated heterocycles. The Morgan fingerprint density at radius 1 is 0.816 bits per heavy atom. The Morgan fingerprint density at radius 2 is 1.47 bits per heavy atom. The molecule has 1 aromatic rings. The zero-order valence-electron chi connectivity index (χ0n) is 30.4. The fourth-order valence-electron chi connectivity index (χ4n) is 4.77. The molecule has 2 rings (SSSR count). The molecule has 0 aliphatic carbocycles. The van der Waals surface area contributed by atoms with Gasteiger partial charge in [-0.1, -0.05) is 113 Å². The molecular weight excluding hydrogens is 685 g/mol. The molecule has 8 nitrogen and oxygen atoms in total. The third-order valence-corrected chi connectivity index (χ3v) is 9.09. The van der Waals surface area contributed by atoms with Crippen LogP contribution in [0.5, 0.6) is 5.75 Å². The summed E-state index contributed by atoms with van der Waals surface area (Å²) in [5.74, 6) is -0.0385. The zero-order chi connectivity index (χ0) is 36.7. The van der Waals surface area contributed by atoms with Gasteiger partial charge in [-0.2, -0.15) is 0 Å². The van der Waals surface area contributed by atoms with E-state index in [1.807, 2.05) is 4.90 Å². The molecule has 0 spiro atoms. The van der Waals surface area contributed by atoms with Crippen molar-refractivity contribution >= 4 is 52.1 Å². The lowest BCUT2D eigenvalue weighted by Gasteiger charge is -2.20. The largest absolute Gasteiger partial charge is 0.492 e. The molecule has 1 aliphatic rings. The number of thioether (sulfide) groups is 1. The lowest BCUT2D eigenvalue weighted by atomic mass is 10.1. The molecular formula is C38H63Cl2NO7S. The molecule has 1 aromatic carbocycles. The number of aliphatic carboxylic acids is 2. The van der Waals surface area contributed by atoms with Crippen molar-refractivity contribution in [1.29, 1.82) is 0 Å². The topological polar surface area (TPSA) is 117 Å². The Bertz CT molecular complexity index is 1040. The van der Waals surface area contributed by atoms with Crippen molar-refractivity contribution in [2.75, 3.05) is 25.4 Å². The van der Waals surface area contributed by atoms with Gasteiger partial charge in [-0.3, -0.25) is 14.4 Å². The first-order chi connectivity index (χ1) is 23.6. The predicted octanol–water partition coefficient (Wildman–Crippen LogP) is 11.7. The van der Waals surface area contributed by atoms with Crippen LogP contribution in [-0.4, -0.2) is 69.9 Å². The van der Waals surface area contributed by atoms with E-state index in [0.29, 0.717) is 47.5 Å². The van der Waals surface area contributed by atoms with Gasteiger partial charge in [-0.25, -0.2) is 0 Å². The van der Waals surface area contributed by atoms with Gasteiger partial charge in [0.2, 0.25) is 0 Å². The van der Waals surface area contributed by atoms with E-state index in [4.69, 9.17) is 42.9 Å². The summed E-state index contributed by atoms with van der Waals surface area (Å²) in [6.07, 6.45) is 22.5. The molecule has 0 aromatic heterocycles. The summed E-state index contributed by atoms with van der Waals surface area (Å²) in [6.45, 7) is 10.7. The van der Waals surface area contributed by atoms with Crippen LogP contribution in [0, 0.1) is 0 Å². The first-order valence-electron chi connectivity index (χ1n) is 18.3. The summed E-state index contributed by atoms with van der Waals surface area (Å²) in [5, 5.41) is 18.1. The average molecular weight is 749 g/mol. The van der Waals surface area contributed by atoms with E-state index in [1.54, 1.807) is 18.2 Å². The van der Waals surface area contributed by atoms with Gasteiger partial charge in [-0.05, 0) is 76.0 Å². The number of amides is 1. The van der Waals surface area contributed by atoms with Crippen LogP contribution in [0.1, 0.15) is 137 Å². The summed E-state index contributed by atoms with van der Waals surface area (Å²) in [6, 6.07) is 4.90. The van der Waals surface area contributed by atoms with Gasteiger partial charge >= 0.3 is 11.9 Å². The van der Waals surface area contributed by atoms with Crippen LogP contribution in [0.25, 0.3) is 0 Å². The van der Waals surface area contributed by atoms with Crippen LogP contribution >= 0.6 is 35.0 Å². The Hall–Kier alpha value is -1.94. The van der Waals surface area contributed by atoms with Crippen molar-refractivity contribution in [2.45, 2.75) is 149 Å². The fraction of sp³-hybridized carbons (Fsp3) is 0.711. The van der Waals surface area contributed by atoms with E-state index in [9.17, 15) is 14.4 Å². The smallest absolute Gasteiger partial charge is 0.303 e. The van der Waals surface area contributed by atoms with Crippen molar-refractivity contribution in [3.05, 3.63) is 40.4 Å². The van der Waals surface area contributed by atoms with Gasteiger partial charge in [0.15, 0.2) is 0 Å². The minimum atomic E-state index is -0.833. The zero-order valence-corrected chi connectivity index (χ0v) is 32.8. The van der Waals surface area contributed by atoms with Crippen molar-refractivity contribution in [1.82, 2.24) is 4.90 Å².